The molecule has 2 saturated heterocycles. The molecule has 1 atom stereocenters. The van der Waals surface area contributed by atoms with Crippen molar-refractivity contribution < 1.29 is 14.0 Å². The fourth-order valence-electron chi connectivity index (χ4n) is 5.14. The fraction of sp³-hybridized carbons (Fsp3) is 0.370. The van der Waals surface area contributed by atoms with Gasteiger partial charge in [0.2, 0.25) is 5.91 Å². The molecule has 3 aromatic rings. The fourth-order valence-corrected chi connectivity index (χ4v) is 5.14. The monoisotopic (exact) mass is 476 g/mol. The van der Waals surface area contributed by atoms with E-state index in [1.165, 1.54) is 12.1 Å². The number of para-hydroxylation sites is 1. The van der Waals surface area contributed by atoms with Gasteiger partial charge in [-0.25, -0.2) is 4.39 Å². The van der Waals surface area contributed by atoms with E-state index in [0.29, 0.717) is 38.1 Å². The molecule has 1 aromatic heterocycles. The first-order chi connectivity index (χ1) is 16.9. The molecule has 2 aliphatic rings. The lowest BCUT2D eigenvalue weighted by molar-refractivity contribution is -0.138. The van der Waals surface area contributed by atoms with Crippen LogP contribution in [0, 0.1) is 5.82 Å². The number of fused-ring (bicyclic) bond motifs is 1. The number of pyridine rings is 1. The zero-order chi connectivity index (χ0) is 24.6. The minimum absolute atomic E-state index is 0.0250. The number of carbonyl (C=O) groups is 2. The molecule has 2 aromatic carbocycles. The van der Waals surface area contributed by atoms with Crippen LogP contribution in [0.2, 0.25) is 0 Å². The Morgan fingerprint density at radius 1 is 1.03 bits per heavy atom. The van der Waals surface area contributed by atoms with Gasteiger partial charge in [0, 0.05) is 50.4 Å². The largest absolute Gasteiger partial charge is 0.343 e. The quantitative estimate of drug-likeness (QED) is 0.628. The van der Waals surface area contributed by atoms with Crippen molar-refractivity contribution >= 4 is 22.7 Å². The Hall–Kier alpha value is -3.52. The van der Waals surface area contributed by atoms with Crippen molar-refractivity contribution in [1.82, 2.24) is 19.7 Å². The van der Waals surface area contributed by atoms with E-state index in [1.807, 2.05) is 29.7 Å². The smallest absolute Gasteiger partial charge is 0.256 e. The van der Waals surface area contributed by atoms with E-state index >= 15 is 0 Å². The van der Waals surface area contributed by atoms with Crippen molar-refractivity contribution in [3.05, 3.63) is 81.9 Å². The maximum Gasteiger partial charge on any atom is 0.256 e. The summed E-state index contributed by atoms with van der Waals surface area (Å²) in [5, 5.41) is 3.91. The van der Waals surface area contributed by atoms with E-state index in [9.17, 15) is 18.8 Å². The Morgan fingerprint density at radius 2 is 1.77 bits per heavy atom. The van der Waals surface area contributed by atoms with Crippen LogP contribution in [0.3, 0.4) is 0 Å². The predicted molar refractivity (Wildman–Crippen MR) is 132 cm³/mol. The van der Waals surface area contributed by atoms with Crippen LogP contribution in [0.4, 0.5) is 4.39 Å². The molecule has 0 aliphatic carbocycles. The Bertz CT molecular complexity index is 1340. The van der Waals surface area contributed by atoms with Gasteiger partial charge in [-0.15, -0.1) is 0 Å². The summed E-state index contributed by atoms with van der Waals surface area (Å²) in [6, 6.07) is 13.4. The van der Waals surface area contributed by atoms with E-state index < -0.39 is 11.4 Å². The van der Waals surface area contributed by atoms with Crippen molar-refractivity contribution in [1.29, 1.82) is 0 Å². The molecule has 0 saturated carbocycles. The molecule has 3 heterocycles. The third-order valence-corrected chi connectivity index (χ3v) is 7.19. The van der Waals surface area contributed by atoms with E-state index in [1.54, 1.807) is 34.2 Å². The average molecular weight is 477 g/mol. The SMILES string of the molecule is C[C@]1(C(=O)N2CCN(C(=O)c3cc(Cn4ccc(=O)c5ccccc54)ccc3F)CC2)CCCN1. The van der Waals surface area contributed by atoms with Crippen molar-refractivity contribution in [3.63, 3.8) is 0 Å². The van der Waals surface area contributed by atoms with Gasteiger partial charge in [-0.05, 0) is 56.1 Å². The molecule has 8 heteroatoms. The molecule has 2 amide bonds. The molecule has 0 unspecified atom stereocenters. The zero-order valence-corrected chi connectivity index (χ0v) is 19.8. The Kier molecular flexibility index (Phi) is 6.15. The topological polar surface area (TPSA) is 74.7 Å². The van der Waals surface area contributed by atoms with Gasteiger partial charge in [-0.2, -0.15) is 0 Å². The first-order valence-corrected chi connectivity index (χ1v) is 12.1. The van der Waals surface area contributed by atoms with Gasteiger partial charge >= 0.3 is 0 Å². The summed E-state index contributed by atoms with van der Waals surface area (Å²) in [7, 11) is 0. The second kappa shape index (κ2) is 9.26. The highest BCUT2D eigenvalue weighted by atomic mass is 19.1. The van der Waals surface area contributed by atoms with Crippen molar-refractivity contribution in [3.8, 4) is 0 Å². The van der Waals surface area contributed by atoms with E-state index in [2.05, 4.69) is 5.32 Å². The molecule has 35 heavy (non-hydrogen) atoms. The van der Waals surface area contributed by atoms with Gasteiger partial charge < -0.3 is 19.7 Å². The predicted octanol–water partition coefficient (Wildman–Crippen LogP) is 2.62. The van der Waals surface area contributed by atoms with Crippen LogP contribution in [-0.2, 0) is 11.3 Å². The number of nitrogens with zero attached hydrogens (tertiary/aromatic N) is 3. The molecule has 1 N–H and O–H groups in total. The summed E-state index contributed by atoms with van der Waals surface area (Å²) >= 11 is 0. The maximum atomic E-state index is 14.7. The van der Waals surface area contributed by atoms with Gasteiger partial charge in [-0.1, -0.05) is 18.2 Å². The number of halogens is 1. The van der Waals surface area contributed by atoms with Crippen molar-refractivity contribution in [2.45, 2.75) is 31.8 Å². The lowest BCUT2D eigenvalue weighted by Crippen LogP contribution is -2.58. The average Bonchev–Trinajstić information content (AvgIpc) is 3.34. The normalized spacial score (nSPS) is 20.4. The number of aromatic nitrogens is 1. The Morgan fingerprint density at radius 3 is 2.51 bits per heavy atom. The highest BCUT2D eigenvalue weighted by Crippen LogP contribution is 2.23. The first kappa shape index (κ1) is 23.2. The Balaban J connectivity index is 1.31. The van der Waals surface area contributed by atoms with Crippen LogP contribution in [0.5, 0.6) is 0 Å². The van der Waals surface area contributed by atoms with E-state index in [4.69, 9.17) is 0 Å². The number of nitrogens with one attached hydrogen (secondary N) is 1. The molecular weight excluding hydrogens is 447 g/mol. The molecule has 0 bridgehead atoms. The van der Waals surface area contributed by atoms with E-state index in [0.717, 1.165) is 30.5 Å². The van der Waals surface area contributed by atoms with Crippen LogP contribution < -0.4 is 10.7 Å². The van der Waals surface area contributed by atoms with Gasteiger partial charge in [0.05, 0.1) is 16.6 Å². The number of piperazine rings is 1. The molecular formula is C27H29FN4O3. The van der Waals surface area contributed by atoms with Crippen LogP contribution in [-0.4, -0.2) is 64.4 Å². The van der Waals surface area contributed by atoms with Crippen molar-refractivity contribution in [2.24, 2.45) is 0 Å². The molecule has 5 rings (SSSR count). The lowest BCUT2D eigenvalue weighted by atomic mass is 9.98. The summed E-state index contributed by atoms with van der Waals surface area (Å²) in [6.07, 6.45) is 3.50. The number of carbonyl (C=O) groups excluding carboxylic acids is 2. The number of amides is 2. The van der Waals surface area contributed by atoms with Gasteiger partial charge in [0.1, 0.15) is 5.82 Å². The molecule has 182 valence electrons. The maximum absolute atomic E-state index is 14.7. The summed E-state index contributed by atoms with van der Waals surface area (Å²) in [4.78, 5) is 41.7. The lowest BCUT2D eigenvalue weighted by Gasteiger charge is -2.38. The zero-order valence-electron chi connectivity index (χ0n) is 19.8. The standard InChI is InChI=1S/C27H29FN4O3/c1-27(10-4-11-29-27)26(35)31-15-13-30(14-16-31)25(34)21-17-19(7-8-22(21)28)18-32-12-9-24(33)20-5-2-3-6-23(20)32/h2-3,5-9,12,17,29H,4,10-11,13-16,18H2,1H3/t27-/m1/s1. The van der Waals surface area contributed by atoms with Crippen molar-refractivity contribution in [2.75, 3.05) is 32.7 Å². The van der Waals surface area contributed by atoms with Gasteiger partial charge in [0.15, 0.2) is 5.43 Å². The molecule has 2 fully saturated rings. The minimum Gasteiger partial charge on any atom is -0.343 e. The minimum atomic E-state index is -0.565. The number of rotatable bonds is 4. The number of hydrogen-bond acceptors (Lipinski definition) is 4. The molecule has 7 nitrogen and oxygen atoms in total. The molecule has 0 spiro atoms. The first-order valence-electron chi connectivity index (χ1n) is 12.1. The van der Waals surface area contributed by atoms with Crippen LogP contribution >= 0.6 is 0 Å². The second-order valence-electron chi connectivity index (χ2n) is 9.59. The highest BCUT2D eigenvalue weighted by molar-refractivity contribution is 5.95. The van der Waals surface area contributed by atoms with Crippen LogP contribution in [0.25, 0.3) is 10.9 Å². The van der Waals surface area contributed by atoms with E-state index in [-0.39, 0.29) is 22.8 Å². The molecule has 0 radical (unpaired) electrons. The highest BCUT2D eigenvalue weighted by Gasteiger charge is 2.40. The third kappa shape index (κ3) is 4.46. The summed E-state index contributed by atoms with van der Waals surface area (Å²) in [5.41, 5.74) is 0.985. The summed E-state index contributed by atoms with van der Waals surface area (Å²) in [6.45, 7) is 4.79. The molecule has 2 aliphatic heterocycles. The van der Waals surface area contributed by atoms with Gasteiger partial charge in [0.25, 0.3) is 5.91 Å². The Labute approximate surface area is 203 Å². The summed E-state index contributed by atoms with van der Waals surface area (Å²) < 4.78 is 16.6. The number of hydrogen-bond donors (Lipinski definition) is 1. The number of benzene rings is 2. The van der Waals surface area contributed by atoms with Gasteiger partial charge in [-0.3, -0.25) is 14.4 Å². The van der Waals surface area contributed by atoms with Crippen LogP contribution in [0.15, 0.2) is 59.5 Å². The second-order valence-corrected chi connectivity index (χ2v) is 9.59. The van der Waals surface area contributed by atoms with Crippen LogP contribution in [0.1, 0.15) is 35.7 Å². The summed E-state index contributed by atoms with van der Waals surface area (Å²) in [5.74, 6) is -0.861. The third-order valence-electron chi connectivity index (χ3n) is 7.19.